The molecule has 0 N–H and O–H groups in total. The number of carbonyl (C=O) groups is 1. The van der Waals surface area contributed by atoms with E-state index in [1.165, 1.54) is 0 Å². The van der Waals surface area contributed by atoms with Gasteiger partial charge in [-0.2, -0.15) is 0 Å². The summed E-state index contributed by atoms with van der Waals surface area (Å²) >= 11 is 5.88. The molecule has 1 aliphatic heterocycles. The number of aryl methyl sites for hydroxylation is 1. The molecule has 3 rings (SSSR count). The average molecular weight is 318 g/mol. The molecule has 4 nitrogen and oxygen atoms in total. The second-order valence-corrected chi connectivity index (χ2v) is 6.26. The van der Waals surface area contributed by atoms with Gasteiger partial charge in [0.1, 0.15) is 5.82 Å². The monoisotopic (exact) mass is 317 g/mol. The van der Waals surface area contributed by atoms with Gasteiger partial charge in [-0.05, 0) is 37.5 Å². The lowest BCUT2D eigenvalue weighted by Crippen LogP contribution is -2.41. The summed E-state index contributed by atoms with van der Waals surface area (Å²) in [4.78, 5) is 18.8. The summed E-state index contributed by atoms with van der Waals surface area (Å²) in [5, 5.41) is 0.699. The van der Waals surface area contributed by atoms with Crippen LogP contribution in [0.25, 0.3) is 0 Å². The van der Waals surface area contributed by atoms with Crippen LogP contribution in [-0.2, 0) is 11.2 Å². The molecular formula is C17H20ClN3O. The van der Waals surface area contributed by atoms with Crippen LogP contribution in [0.4, 0.5) is 0 Å². The van der Waals surface area contributed by atoms with Gasteiger partial charge in [0.2, 0.25) is 5.91 Å². The van der Waals surface area contributed by atoms with Gasteiger partial charge >= 0.3 is 0 Å². The number of rotatable bonds is 3. The van der Waals surface area contributed by atoms with Crippen LogP contribution in [0.1, 0.15) is 30.3 Å². The van der Waals surface area contributed by atoms with Crippen molar-refractivity contribution in [3.05, 3.63) is 53.1 Å². The van der Waals surface area contributed by atoms with Crippen LogP contribution in [0.5, 0.6) is 0 Å². The van der Waals surface area contributed by atoms with Gasteiger partial charge in [-0.3, -0.25) is 4.79 Å². The fourth-order valence-corrected chi connectivity index (χ4v) is 3.20. The van der Waals surface area contributed by atoms with E-state index in [4.69, 9.17) is 11.6 Å². The van der Waals surface area contributed by atoms with E-state index >= 15 is 0 Å². The smallest absolute Gasteiger partial charge is 0.227 e. The lowest BCUT2D eigenvalue weighted by atomic mass is 10.0. The van der Waals surface area contributed by atoms with Crippen LogP contribution >= 0.6 is 11.6 Å². The largest absolute Gasteiger partial charge is 0.340 e. The second-order valence-electron chi connectivity index (χ2n) is 5.82. The average Bonchev–Trinajstić information content (AvgIpc) is 2.96. The fraction of sp³-hybridized carbons (Fsp3) is 0.412. The molecular weight excluding hydrogens is 298 g/mol. The van der Waals surface area contributed by atoms with E-state index in [0.29, 0.717) is 17.5 Å². The minimum absolute atomic E-state index is 0.185. The number of hydrogen-bond acceptors (Lipinski definition) is 2. The SMILES string of the molecule is Cc1nccn1[C@@H]1CCCN(C(=O)Cc2ccc(Cl)cc2)C1. The van der Waals surface area contributed by atoms with Gasteiger partial charge in [0.05, 0.1) is 12.5 Å². The Hall–Kier alpha value is -1.81. The number of carbonyl (C=O) groups excluding carboxylic acids is 1. The number of benzene rings is 1. The Morgan fingerprint density at radius 3 is 2.82 bits per heavy atom. The summed E-state index contributed by atoms with van der Waals surface area (Å²) in [6, 6.07) is 7.84. The maximum atomic E-state index is 12.5. The maximum Gasteiger partial charge on any atom is 0.227 e. The summed E-state index contributed by atoms with van der Waals surface area (Å²) in [5.41, 5.74) is 1.01. The molecule has 2 aromatic rings. The van der Waals surface area contributed by atoms with E-state index in [1.807, 2.05) is 48.5 Å². The van der Waals surface area contributed by atoms with E-state index < -0.39 is 0 Å². The van der Waals surface area contributed by atoms with Crippen LogP contribution in [0.2, 0.25) is 5.02 Å². The van der Waals surface area contributed by atoms with Crippen LogP contribution in [0.15, 0.2) is 36.7 Å². The molecule has 5 heteroatoms. The summed E-state index contributed by atoms with van der Waals surface area (Å²) in [5.74, 6) is 1.20. The van der Waals surface area contributed by atoms with Gasteiger partial charge in [0.15, 0.2) is 0 Å². The van der Waals surface area contributed by atoms with Gasteiger partial charge < -0.3 is 9.47 Å². The molecule has 22 heavy (non-hydrogen) atoms. The third-order valence-electron chi connectivity index (χ3n) is 4.27. The van der Waals surface area contributed by atoms with E-state index in [-0.39, 0.29) is 5.91 Å². The summed E-state index contributed by atoms with van der Waals surface area (Å²) < 4.78 is 2.18. The molecule has 0 saturated carbocycles. The lowest BCUT2D eigenvalue weighted by molar-refractivity contribution is -0.132. The van der Waals surface area contributed by atoms with Crippen LogP contribution in [0, 0.1) is 6.92 Å². The molecule has 116 valence electrons. The zero-order valence-corrected chi connectivity index (χ0v) is 13.5. The number of nitrogens with zero attached hydrogens (tertiary/aromatic N) is 3. The Kier molecular flexibility index (Phi) is 4.48. The molecule has 1 aliphatic rings. The first-order valence-corrected chi connectivity index (χ1v) is 8.03. The minimum atomic E-state index is 0.185. The normalized spacial score (nSPS) is 18.5. The third kappa shape index (κ3) is 3.33. The number of amides is 1. The summed E-state index contributed by atoms with van der Waals surface area (Å²) in [6.07, 6.45) is 6.40. The first-order chi connectivity index (χ1) is 10.6. The standard InChI is InChI=1S/C17H20ClN3O/c1-13-19-8-10-21(13)16-3-2-9-20(12-16)17(22)11-14-4-6-15(18)7-5-14/h4-8,10,16H,2-3,9,11-12H2,1H3/t16-/m1/s1. The number of aromatic nitrogens is 2. The summed E-state index contributed by atoms with van der Waals surface area (Å²) in [6.45, 7) is 3.62. The van der Waals surface area contributed by atoms with Crippen molar-refractivity contribution in [3.8, 4) is 0 Å². The predicted octanol–water partition coefficient (Wildman–Crippen LogP) is 3.25. The van der Waals surface area contributed by atoms with Crippen molar-refractivity contribution in [1.29, 1.82) is 0 Å². The highest BCUT2D eigenvalue weighted by atomic mass is 35.5. The maximum absolute atomic E-state index is 12.5. The molecule has 0 radical (unpaired) electrons. The van der Waals surface area contributed by atoms with Crippen LogP contribution in [0.3, 0.4) is 0 Å². The van der Waals surface area contributed by atoms with Gasteiger partial charge in [0, 0.05) is 30.5 Å². The Balaban J connectivity index is 1.65. The van der Waals surface area contributed by atoms with E-state index in [2.05, 4.69) is 9.55 Å². The topological polar surface area (TPSA) is 38.1 Å². The molecule has 1 atom stereocenters. The molecule has 0 bridgehead atoms. The Morgan fingerprint density at radius 1 is 1.36 bits per heavy atom. The second kappa shape index (κ2) is 6.53. The third-order valence-corrected chi connectivity index (χ3v) is 4.53. The number of hydrogen-bond donors (Lipinski definition) is 0. The molecule has 0 aliphatic carbocycles. The van der Waals surface area contributed by atoms with E-state index in [1.54, 1.807) is 0 Å². The van der Waals surface area contributed by atoms with Crippen molar-refractivity contribution >= 4 is 17.5 Å². The van der Waals surface area contributed by atoms with Crippen molar-refractivity contribution in [1.82, 2.24) is 14.5 Å². The predicted molar refractivity (Wildman–Crippen MR) is 87.0 cm³/mol. The molecule has 1 aromatic carbocycles. The van der Waals surface area contributed by atoms with Gasteiger partial charge in [-0.15, -0.1) is 0 Å². The molecule has 1 saturated heterocycles. The minimum Gasteiger partial charge on any atom is -0.340 e. The highest BCUT2D eigenvalue weighted by molar-refractivity contribution is 6.30. The van der Waals surface area contributed by atoms with E-state index in [9.17, 15) is 4.79 Å². The van der Waals surface area contributed by atoms with Crippen molar-refractivity contribution in [2.45, 2.75) is 32.2 Å². The van der Waals surface area contributed by atoms with E-state index in [0.717, 1.165) is 37.3 Å². The molecule has 1 aromatic heterocycles. The first kappa shape index (κ1) is 15.1. The Morgan fingerprint density at radius 2 is 2.14 bits per heavy atom. The zero-order chi connectivity index (χ0) is 15.5. The van der Waals surface area contributed by atoms with Crippen molar-refractivity contribution in [3.63, 3.8) is 0 Å². The Labute approximate surface area is 135 Å². The molecule has 1 fully saturated rings. The number of imidazole rings is 1. The van der Waals surface area contributed by atoms with Gasteiger partial charge in [-0.1, -0.05) is 23.7 Å². The quantitative estimate of drug-likeness (QED) is 0.871. The molecule has 1 amide bonds. The molecule has 0 unspecified atom stereocenters. The van der Waals surface area contributed by atoms with Crippen LogP contribution < -0.4 is 0 Å². The van der Waals surface area contributed by atoms with Crippen molar-refractivity contribution in [2.75, 3.05) is 13.1 Å². The highest BCUT2D eigenvalue weighted by Gasteiger charge is 2.25. The lowest BCUT2D eigenvalue weighted by Gasteiger charge is -2.34. The molecule has 2 heterocycles. The summed E-state index contributed by atoms with van der Waals surface area (Å²) in [7, 11) is 0. The van der Waals surface area contributed by atoms with Gasteiger partial charge in [0.25, 0.3) is 0 Å². The number of halogens is 1. The molecule has 0 spiro atoms. The van der Waals surface area contributed by atoms with Crippen molar-refractivity contribution in [2.24, 2.45) is 0 Å². The van der Waals surface area contributed by atoms with Crippen molar-refractivity contribution < 1.29 is 4.79 Å². The van der Waals surface area contributed by atoms with Gasteiger partial charge in [-0.25, -0.2) is 4.98 Å². The Bertz CT molecular complexity index is 650. The highest BCUT2D eigenvalue weighted by Crippen LogP contribution is 2.23. The van der Waals surface area contributed by atoms with Crippen LogP contribution in [-0.4, -0.2) is 33.4 Å². The first-order valence-electron chi connectivity index (χ1n) is 7.65. The number of likely N-dealkylation sites (tertiary alicyclic amines) is 1. The number of piperidine rings is 1. The fourth-order valence-electron chi connectivity index (χ4n) is 3.07. The zero-order valence-electron chi connectivity index (χ0n) is 12.7.